The summed E-state index contributed by atoms with van der Waals surface area (Å²) in [6.07, 6.45) is 16.0. The van der Waals surface area contributed by atoms with Crippen molar-refractivity contribution in [2.45, 2.75) is 101 Å². The van der Waals surface area contributed by atoms with E-state index in [4.69, 9.17) is 33.9 Å². The first kappa shape index (κ1) is 51.4. The quantitative estimate of drug-likeness (QED) is 0.0420. The Kier molecular flexibility index (Phi) is 25.7. The number of rotatable bonds is 37. The van der Waals surface area contributed by atoms with Gasteiger partial charge in [0.25, 0.3) is 15.9 Å². The van der Waals surface area contributed by atoms with Crippen molar-refractivity contribution in [1.82, 2.24) is 10.3 Å². The van der Waals surface area contributed by atoms with Gasteiger partial charge in [0.15, 0.2) is 5.78 Å². The zero-order valence-corrected chi connectivity index (χ0v) is 36.4. The maximum atomic E-state index is 13.0. The van der Waals surface area contributed by atoms with Crippen LogP contribution in [0.1, 0.15) is 106 Å². The number of anilines is 1. The number of nitrogens with zero attached hydrogens (tertiary/aromatic N) is 1. The van der Waals surface area contributed by atoms with E-state index in [1.165, 1.54) is 81.0 Å². The lowest BCUT2D eigenvalue weighted by atomic mass is 10.0. The number of hydrogen-bond donors (Lipinski definition) is 4. The molecule has 2 aromatic carbocycles. The molecule has 1 heterocycles. The number of carboxylic acid groups (broad SMARTS) is 2. The summed E-state index contributed by atoms with van der Waals surface area (Å²) in [6.45, 7) is 1.21. The van der Waals surface area contributed by atoms with Gasteiger partial charge in [-0.25, -0.2) is 18.2 Å². The molecule has 0 saturated carbocycles. The lowest BCUT2D eigenvalue weighted by molar-refractivity contribution is -0.143. The van der Waals surface area contributed by atoms with Crippen LogP contribution in [-0.2, 0) is 49.8 Å². The van der Waals surface area contributed by atoms with Gasteiger partial charge in [-0.3, -0.25) is 19.1 Å². The third-order valence-electron chi connectivity index (χ3n) is 9.42. The van der Waals surface area contributed by atoms with Crippen molar-refractivity contribution in [3.63, 3.8) is 0 Å². The molecule has 0 bridgehead atoms. The predicted octanol–water partition coefficient (Wildman–Crippen LogP) is 7.21. The lowest BCUT2D eigenvalue weighted by Crippen LogP contribution is -2.28. The Bertz CT molecular complexity index is 1840. The minimum atomic E-state index is -3.96. The number of hydrogen-bond acceptors (Lipinski definition) is 12. The van der Waals surface area contributed by atoms with Gasteiger partial charge in [0.2, 0.25) is 0 Å². The summed E-state index contributed by atoms with van der Waals surface area (Å²) >= 11 is 0. The number of amides is 1. The van der Waals surface area contributed by atoms with E-state index in [0.29, 0.717) is 24.5 Å². The average Bonchev–Trinajstić information content (AvgIpc) is 3.25. The molecule has 0 fully saturated rings. The molecule has 1 aromatic heterocycles. The average molecular weight is 886 g/mol. The van der Waals surface area contributed by atoms with Gasteiger partial charge in [0.05, 0.1) is 43.5 Å². The summed E-state index contributed by atoms with van der Waals surface area (Å²) in [5.41, 5.74) is 1.48. The molecule has 4 N–H and O–H groups in total. The van der Waals surface area contributed by atoms with Crippen molar-refractivity contribution in [2.75, 3.05) is 64.1 Å². The fourth-order valence-electron chi connectivity index (χ4n) is 6.10. The molecule has 1 amide bonds. The monoisotopic (exact) mass is 885 g/mol. The van der Waals surface area contributed by atoms with E-state index >= 15 is 0 Å². The number of sulfonamides is 1. The van der Waals surface area contributed by atoms with Gasteiger partial charge >= 0.3 is 11.9 Å². The van der Waals surface area contributed by atoms with Gasteiger partial charge in [-0.2, -0.15) is 0 Å². The van der Waals surface area contributed by atoms with Gasteiger partial charge in [-0.15, -0.1) is 0 Å². The SMILES string of the molecule is O=C(O)CCCCCCCCCCCCCc1ccc(Oc2ccc(S(=O)(=O)Nc3ccc(C(=O)NCCOCCOCC(=O)CCCOCCOCC(=O)O)cn3)cc2)cc1. The third kappa shape index (κ3) is 23.9. The number of carboxylic acids is 2. The molecule has 16 nitrogen and oxygen atoms in total. The van der Waals surface area contributed by atoms with Crippen molar-refractivity contribution >= 4 is 39.5 Å². The van der Waals surface area contributed by atoms with E-state index < -0.39 is 27.9 Å². The molecule has 0 aliphatic heterocycles. The zero-order chi connectivity index (χ0) is 44.7. The van der Waals surface area contributed by atoms with Gasteiger partial charge < -0.3 is 39.2 Å². The van der Waals surface area contributed by atoms with Crippen molar-refractivity contribution in [1.29, 1.82) is 0 Å². The molecule has 0 spiro atoms. The van der Waals surface area contributed by atoms with Crippen LogP contribution in [0, 0.1) is 0 Å². The predicted molar refractivity (Wildman–Crippen MR) is 232 cm³/mol. The molecule has 0 radical (unpaired) electrons. The smallest absolute Gasteiger partial charge is 0.329 e. The highest BCUT2D eigenvalue weighted by molar-refractivity contribution is 7.92. The van der Waals surface area contributed by atoms with Crippen molar-refractivity contribution in [3.8, 4) is 11.5 Å². The second kappa shape index (κ2) is 31.0. The number of ketones is 1. The summed E-state index contributed by atoms with van der Waals surface area (Å²) in [7, 11) is -3.96. The maximum absolute atomic E-state index is 13.0. The number of Topliss-reactive ketones (excluding diaryl/α,β-unsaturated/α-hetero) is 1. The Hall–Kier alpha value is -4.94. The standard InChI is InChI=1S/C45H63N3O13S/c49-38(14-12-27-57-29-32-60-35-44(52)53)34-59-31-30-58-28-26-46-45(54)37-18-25-42(47-33-37)48-62(55,56)41-23-21-40(22-24-41)61-39-19-16-36(17-20-39)13-10-8-6-4-2-1-3-5-7-9-11-15-43(50)51/h16-25,33H,1-15,26-32,34-35H2,(H,46,54)(H,47,48)(H,50,51)(H,52,53). The van der Waals surface area contributed by atoms with Gasteiger partial charge in [0, 0.05) is 32.2 Å². The molecular formula is C45H63N3O13S. The van der Waals surface area contributed by atoms with Crippen LogP contribution in [0.3, 0.4) is 0 Å². The Morgan fingerprint density at radius 1 is 0.565 bits per heavy atom. The van der Waals surface area contributed by atoms with Crippen LogP contribution in [0.2, 0.25) is 0 Å². The highest BCUT2D eigenvalue weighted by atomic mass is 32.2. The van der Waals surface area contributed by atoms with Crippen LogP contribution in [0.4, 0.5) is 5.82 Å². The van der Waals surface area contributed by atoms with E-state index in [1.54, 1.807) is 12.1 Å². The summed E-state index contributed by atoms with van der Waals surface area (Å²) < 4.78 is 55.3. The summed E-state index contributed by atoms with van der Waals surface area (Å²) in [6, 6.07) is 16.8. The molecule has 0 unspecified atom stereocenters. The molecule has 0 aliphatic rings. The topological polar surface area (TPSA) is 226 Å². The van der Waals surface area contributed by atoms with Crippen molar-refractivity contribution in [2.24, 2.45) is 0 Å². The number of aromatic nitrogens is 1. The first-order valence-corrected chi connectivity index (χ1v) is 22.9. The molecule has 17 heteroatoms. The fraction of sp³-hybridized carbons (Fsp3) is 0.533. The van der Waals surface area contributed by atoms with Gasteiger partial charge in [0.1, 0.15) is 30.5 Å². The Balaban J connectivity index is 1.23. The number of benzene rings is 2. The molecule has 3 rings (SSSR count). The Morgan fingerprint density at radius 3 is 1.73 bits per heavy atom. The summed E-state index contributed by atoms with van der Waals surface area (Å²) in [4.78, 5) is 49.4. The fourth-order valence-corrected chi connectivity index (χ4v) is 7.10. The van der Waals surface area contributed by atoms with Crippen LogP contribution >= 0.6 is 0 Å². The second-order valence-corrected chi connectivity index (χ2v) is 16.3. The zero-order valence-electron chi connectivity index (χ0n) is 35.6. The largest absolute Gasteiger partial charge is 0.481 e. The van der Waals surface area contributed by atoms with E-state index in [0.717, 1.165) is 32.1 Å². The van der Waals surface area contributed by atoms with Crippen molar-refractivity contribution in [3.05, 3.63) is 78.0 Å². The van der Waals surface area contributed by atoms with E-state index in [-0.39, 0.29) is 87.7 Å². The summed E-state index contributed by atoms with van der Waals surface area (Å²) in [5, 5.41) is 19.9. The van der Waals surface area contributed by atoms with Crippen LogP contribution in [0.25, 0.3) is 0 Å². The van der Waals surface area contributed by atoms with Crippen molar-refractivity contribution < 1.29 is 61.5 Å². The first-order valence-electron chi connectivity index (χ1n) is 21.4. The molecule has 0 saturated heterocycles. The number of unbranched alkanes of at least 4 members (excludes halogenated alkanes) is 10. The van der Waals surface area contributed by atoms with E-state index in [9.17, 15) is 27.6 Å². The number of pyridine rings is 1. The van der Waals surface area contributed by atoms with Gasteiger partial charge in [-0.05, 0) is 79.8 Å². The third-order valence-corrected chi connectivity index (χ3v) is 10.8. The maximum Gasteiger partial charge on any atom is 0.329 e. The normalized spacial score (nSPS) is 11.3. The molecule has 62 heavy (non-hydrogen) atoms. The number of carbonyl (C=O) groups excluding carboxylic acids is 2. The molecular weight excluding hydrogens is 823 g/mol. The summed E-state index contributed by atoms with van der Waals surface area (Å²) in [5.74, 6) is -1.05. The van der Waals surface area contributed by atoms with Crippen LogP contribution < -0.4 is 14.8 Å². The number of aryl methyl sites for hydroxylation is 1. The van der Waals surface area contributed by atoms with Crippen LogP contribution in [0.5, 0.6) is 11.5 Å². The second-order valence-electron chi connectivity index (χ2n) is 14.7. The highest BCUT2D eigenvalue weighted by Gasteiger charge is 2.16. The first-order chi connectivity index (χ1) is 30.0. The van der Waals surface area contributed by atoms with E-state index in [1.807, 2.05) is 12.1 Å². The molecule has 0 aliphatic carbocycles. The number of aliphatic carboxylic acids is 2. The number of ether oxygens (including phenoxy) is 5. The highest BCUT2D eigenvalue weighted by Crippen LogP contribution is 2.25. The number of carbonyl (C=O) groups is 4. The van der Waals surface area contributed by atoms with Crippen LogP contribution in [-0.4, -0.2) is 107 Å². The molecule has 3 aromatic rings. The Morgan fingerprint density at radius 2 is 1.13 bits per heavy atom. The number of nitrogens with one attached hydrogen (secondary N) is 2. The Labute approximate surface area is 365 Å². The van der Waals surface area contributed by atoms with Crippen LogP contribution in [0.15, 0.2) is 71.8 Å². The minimum absolute atomic E-state index is 0.0202. The van der Waals surface area contributed by atoms with Gasteiger partial charge in [-0.1, -0.05) is 69.9 Å². The molecule has 0 atom stereocenters. The van der Waals surface area contributed by atoms with E-state index in [2.05, 4.69) is 27.2 Å². The molecule has 342 valence electrons. The minimum Gasteiger partial charge on any atom is -0.481 e. The lowest BCUT2D eigenvalue weighted by Gasteiger charge is -2.10.